The molecule has 0 aliphatic heterocycles. The fourth-order valence-electron chi connectivity index (χ4n) is 1.95. The monoisotopic (exact) mass is 266 g/mol. The summed E-state index contributed by atoms with van der Waals surface area (Å²) < 4.78 is 38.7. The third-order valence-electron chi connectivity index (χ3n) is 2.82. The van der Waals surface area contributed by atoms with Crippen molar-refractivity contribution in [1.29, 1.82) is 0 Å². The third kappa shape index (κ3) is 3.83. The summed E-state index contributed by atoms with van der Waals surface area (Å²) in [5, 5.41) is 9.87. The Kier molecular flexibility index (Phi) is 4.22. The lowest BCUT2D eigenvalue weighted by Crippen LogP contribution is -2.14. The summed E-state index contributed by atoms with van der Waals surface area (Å²) in [5.41, 5.74) is 1.16. The number of hydrogen-bond acceptors (Lipinski definition) is 1. The number of aliphatic hydroxyl groups excluding tert-OH is 1. The van der Waals surface area contributed by atoms with E-state index in [1.165, 1.54) is 18.2 Å². The maximum atomic E-state index is 13.0. The van der Waals surface area contributed by atoms with Crippen LogP contribution >= 0.6 is 0 Å². The second-order valence-corrected chi connectivity index (χ2v) is 4.44. The number of halogens is 3. The highest BCUT2D eigenvalue weighted by Crippen LogP contribution is 2.13. The quantitative estimate of drug-likeness (QED) is 0.900. The molecule has 2 aromatic rings. The van der Waals surface area contributed by atoms with Gasteiger partial charge < -0.3 is 5.11 Å². The molecular formula is C15H13F3O. The molecule has 1 atom stereocenters. The molecule has 0 radical (unpaired) electrons. The normalized spacial score (nSPS) is 12.4. The molecule has 0 heterocycles. The van der Waals surface area contributed by atoms with E-state index in [9.17, 15) is 18.3 Å². The van der Waals surface area contributed by atoms with Crippen LogP contribution in [0.25, 0.3) is 0 Å². The Bertz CT molecular complexity index is 569. The van der Waals surface area contributed by atoms with Gasteiger partial charge in [-0.3, -0.25) is 0 Å². The zero-order chi connectivity index (χ0) is 13.8. The van der Waals surface area contributed by atoms with Crippen molar-refractivity contribution in [3.63, 3.8) is 0 Å². The van der Waals surface area contributed by atoms with Gasteiger partial charge in [0, 0.05) is 0 Å². The second-order valence-electron chi connectivity index (χ2n) is 4.44. The molecule has 0 bridgehead atoms. The highest BCUT2D eigenvalue weighted by molar-refractivity contribution is 5.21. The summed E-state index contributed by atoms with van der Waals surface area (Å²) in [4.78, 5) is 0. The Balaban J connectivity index is 2.01. The van der Waals surface area contributed by atoms with E-state index < -0.39 is 17.7 Å². The van der Waals surface area contributed by atoms with Crippen molar-refractivity contribution in [1.82, 2.24) is 0 Å². The summed E-state index contributed by atoms with van der Waals surface area (Å²) in [6, 6.07) is 9.45. The molecule has 2 rings (SSSR count). The molecular weight excluding hydrogens is 253 g/mol. The van der Waals surface area contributed by atoms with Crippen molar-refractivity contribution in [2.75, 3.05) is 0 Å². The second kappa shape index (κ2) is 5.89. The number of hydrogen-bond donors (Lipinski definition) is 1. The summed E-state index contributed by atoms with van der Waals surface area (Å²) in [5.74, 6) is -2.21. The van der Waals surface area contributed by atoms with Gasteiger partial charge in [-0.15, -0.1) is 0 Å². The van der Waals surface area contributed by atoms with E-state index in [0.717, 1.165) is 12.1 Å². The standard InChI is InChI=1S/C15H13F3O/c16-12-3-1-2-10(6-12)7-13(19)8-11-4-5-14(17)15(18)9-11/h1-6,9,13,19H,7-8H2. The average molecular weight is 266 g/mol. The van der Waals surface area contributed by atoms with Crippen molar-refractivity contribution in [2.24, 2.45) is 0 Å². The van der Waals surface area contributed by atoms with Gasteiger partial charge in [-0.1, -0.05) is 18.2 Å². The molecule has 0 amide bonds. The molecule has 0 saturated carbocycles. The smallest absolute Gasteiger partial charge is 0.159 e. The van der Waals surface area contributed by atoms with Gasteiger partial charge in [-0.25, -0.2) is 13.2 Å². The lowest BCUT2D eigenvalue weighted by Gasteiger charge is -2.11. The van der Waals surface area contributed by atoms with Crippen LogP contribution in [0, 0.1) is 17.5 Å². The van der Waals surface area contributed by atoms with Gasteiger partial charge in [0.25, 0.3) is 0 Å². The molecule has 0 aliphatic carbocycles. The van der Waals surface area contributed by atoms with E-state index in [4.69, 9.17) is 0 Å². The fraction of sp³-hybridized carbons (Fsp3) is 0.200. The zero-order valence-corrected chi connectivity index (χ0v) is 10.1. The number of aliphatic hydroxyl groups is 1. The Hall–Kier alpha value is -1.81. The van der Waals surface area contributed by atoms with Crippen LogP contribution in [0.2, 0.25) is 0 Å². The zero-order valence-electron chi connectivity index (χ0n) is 10.1. The Morgan fingerprint density at radius 1 is 0.842 bits per heavy atom. The SMILES string of the molecule is OC(Cc1cccc(F)c1)Cc1ccc(F)c(F)c1. The largest absolute Gasteiger partial charge is 0.392 e. The average Bonchev–Trinajstić information content (AvgIpc) is 2.34. The molecule has 1 nitrogen and oxygen atoms in total. The van der Waals surface area contributed by atoms with Crippen molar-refractivity contribution in [3.8, 4) is 0 Å². The van der Waals surface area contributed by atoms with E-state index in [1.54, 1.807) is 12.1 Å². The van der Waals surface area contributed by atoms with Crippen LogP contribution in [-0.4, -0.2) is 11.2 Å². The van der Waals surface area contributed by atoms with Crippen molar-refractivity contribution in [2.45, 2.75) is 18.9 Å². The van der Waals surface area contributed by atoms with Crippen LogP contribution in [-0.2, 0) is 12.8 Å². The summed E-state index contributed by atoms with van der Waals surface area (Å²) in [6.07, 6.45) is -0.323. The molecule has 2 aromatic carbocycles. The van der Waals surface area contributed by atoms with E-state index in [1.807, 2.05) is 0 Å². The van der Waals surface area contributed by atoms with Crippen LogP contribution in [0.5, 0.6) is 0 Å². The molecule has 1 N–H and O–H groups in total. The van der Waals surface area contributed by atoms with Crippen molar-refractivity contribution < 1.29 is 18.3 Å². The van der Waals surface area contributed by atoms with Crippen LogP contribution in [0.15, 0.2) is 42.5 Å². The highest BCUT2D eigenvalue weighted by atomic mass is 19.2. The lowest BCUT2D eigenvalue weighted by molar-refractivity contribution is 0.175. The van der Waals surface area contributed by atoms with Crippen LogP contribution in [0.3, 0.4) is 0 Å². The molecule has 0 saturated heterocycles. The first-order chi connectivity index (χ1) is 9.04. The summed E-state index contributed by atoms with van der Waals surface area (Å²) in [7, 11) is 0. The predicted octanol–water partition coefficient (Wildman–Crippen LogP) is 3.25. The molecule has 100 valence electrons. The maximum Gasteiger partial charge on any atom is 0.159 e. The van der Waals surface area contributed by atoms with Gasteiger partial charge in [0.1, 0.15) is 5.82 Å². The van der Waals surface area contributed by atoms with Gasteiger partial charge in [-0.05, 0) is 48.2 Å². The fourth-order valence-corrected chi connectivity index (χ4v) is 1.95. The Morgan fingerprint density at radius 2 is 1.53 bits per heavy atom. The van der Waals surface area contributed by atoms with E-state index >= 15 is 0 Å². The molecule has 0 aromatic heterocycles. The summed E-state index contributed by atoms with van der Waals surface area (Å²) in [6.45, 7) is 0. The lowest BCUT2D eigenvalue weighted by atomic mass is 10.0. The topological polar surface area (TPSA) is 20.2 Å². The van der Waals surface area contributed by atoms with Gasteiger partial charge in [-0.2, -0.15) is 0 Å². The van der Waals surface area contributed by atoms with E-state index in [-0.39, 0.29) is 18.7 Å². The minimum atomic E-state index is -0.935. The molecule has 0 aliphatic rings. The van der Waals surface area contributed by atoms with Crippen molar-refractivity contribution in [3.05, 3.63) is 71.0 Å². The Morgan fingerprint density at radius 3 is 2.16 bits per heavy atom. The molecule has 4 heteroatoms. The molecule has 19 heavy (non-hydrogen) atoms. The van der Waals surface area contributed by atoms with Gasteiger partial charge >= 0.3 is 0 Å². The first kappa shape index (κ1) is 13.6. The van der Waals surface area contributed by atoms with E-state index in [0.29, 0.717) is 11.1 Å². The van der Waals surface area contributed by atoms with E-state index in [2.05, 4.69) is 0 Å². The highest BCUT2D eigenvalue weighted by Gasteiger charge is 2.09. The predicted molar refractivity (Wildman–Crippen MR) is 66.2 cm³/mol. The number of rotatable bonds is 4. The molecule has 1 unspecified atom stereocenters. The number of benzene rings is 2. The minimum Gasteiger partial charge on any atom is -0.392 e. The van der Waals surface area contributed by atoms with Crippen LogP contribution in [0.1, 0.15) is 11.1 Å². The maximum absolute atomic E-state index is 13.0. The van der Waals surface area contributed by atoms with Gasteiger partial charge in [0.05, 0.1) is 6.10 Å². The Labute approximate surface area is 109 Å². The van der Waals surface area contributed by atoms with Crippen molar-refractivity contribution >= 4 is 0 Å². The molecule has 0 fully saturated rings. The van der Waals surface area contributed by atoms with Gasteiger partial charge in [0.2, 0.25) is 0 Å². The molecule has 0 spiro atoms. The third-order valence-corrected chi connectivity index (χ3v) is 2.82. The van der Waals surface area contributed by atoms with Gasteiger partial charge in [0.15, 0.2) is 11.6 Å². The first-order valence-corrected chi connectivity index (χ1v) is 5.91. The summed E-state index contributed by atoms with van der Waals surface area (Å²) >= 11 is 0. The van der Waals surface area contributed by atoms with Crippen LogP contribution < -0.4 is 0 Å². The van der Waals surface area contributed by atoms with Crippen LogP contribution in [0.4, 0.5) is 13.2 Å². The first-order valence-electron chi connectivity index (χ1n) is 5.91. The minimum absolute atomic E-state index is 0.188.